The van der Waals surface area contributed by atoms with E-state index in [1.165, 1.54) is 12.1 Å². The van der Waals surface area contributed by atoms with Crippen molar-refractivity contribution in [2.75, 3.05) is 5.32 Å². The van der Waals surface area contributed by atoms with E-state index >= 15 is 0 Å². The first-order chi connectivity index (χ1) is 11.3. The van der Waals surface area contributed by atoms with Gasteiger partial charge in [-0.05, 0) is 48.9 Å². The molecule has 0 atom stereocenters. The second kappa shape index (κ2) is 5.99. The summed E-state index contributed by atoms with van der Waals surface area (Å²) in [5.74, 6) is 0.488. The first-order valence-electron chi connectivity index (χ1n) is 7.23. The largest absolute Gasteiger partial charge is 0.416 e. The second-order valence-corrected chi connectivity index (χ2v) is 5.47. The summed E-state index contributed by atoms with van der Waals surface area (Å²) in [5.41, 5.74) is 2.02. The molecule has 1 heterocycles. The zero-order valence-electron chi connectivity index (χ0n) is 12.7. The molecular formula is C17H14F3N3O. The van der Waals surface area contributed by atoms with Crippen LogP contribution in [0.5, 0.6) is 0 Å². The van der Waals surface area contributed by atoms with Gasteiger partial charge in [0, 0.05) is 5.69 Å². The Hall–Kier alpha value is -2.83. The van der Waals surface area contributed by atoms with Crippen LogP contribution in [-0.4, -0.2) is 15.9 Å². The summed E-state index contributed by atoms with van der Waals surface area (Å²) in [5, 5.41) is 2.59. The number of nitrogens with zero attached hydrogens (tertiary/aromatic N) is 1. The van der Waals surface area contributed by atoms with Gasteiger partial charge in [0.1, 0.15) is 5.82 Å². The number of carbonyl (C=O) groups is 1. The molecule has 0 saturated carbocycles. The lowest BCUT2D eigenvalue weighted by molar-refractivity contribution is -0.137. The molecule has 2 N–H and O–H groups in total. The van der Waals surface area contributed by atoms with Gasteiger partial charge in [0.15, 0.2) is 0 Å². The lowest BCUT2D eigenvalue weighted by Crippen LogP contribution is -2.14. The van der Waals surface area contributed by atoms with Crippen LogP contribution in [0.15, 0.2) is 42.5 Å². The minimum Gasteiger partial charge on any atom is -0.342 e. The van der Waals surface area contributed by atoms with Crippen molar-refractivity contribution in [3.8, 4) is 0 Å². The number of carbonyl (C=O) groups excluding carboxylic acids is 1. The smallest absolute Gasteiger partial charge is 0.342 e. The Kier molecular flexibility index (Phi) is 4.01. The lowest BCUT2D eigenvalue weighted by Gasteiger charge is -2.09. The number of imidazole rings is 1. The van der Waals surface area contributed by atoms with Crippen LogP contribution in [0.25, 0.3) is 11.0 Å². The van der Waals surface area contributed by atoms with Crippen LogP contribution in [0.1, 0.15) is 17.0 Å². The van der Waals surface area contributed by atoms with Gasteiger partial charge >= 0.3 is 6.18 Å². The number of fused-ring (bicyclic) bond motifs is 1. The van der Waals surface area contributed by atoms with E-state index in [0.29, 0.717) is 5.69 Å². The molecule has 0 bridgehead atoms. The van der Waals surface area contributed by atoms with Gasteiger partial charge in [-0.25, -0.2) is 4.98 Å². The number of aryl methyl sites for hydroxylation is 1. The van der Waals surface area contributed by atoms with Crippen LogP contribution >= 0.6 is 0 Å². The number of aromatic nitrogens is 2. The molecule has 124 valence electrons. The van der Waals surface area contributed by atoms with E-state index in [0.717, 1.165) is 34.6 Å². The number of hydrogen-bond acceptors (Lipinski definition) is 2. The highest BCUT2D eigenvalue weighted by Gasteiger charge is 2.29. The van der Waals surface area contributed by atoms with E-state index < -0.39 is 11.7 Å². The van der Waals surface area contributed by atoms with Gasteiger partial charge < -0.3 is 10.3 Å². The summed E-state index contributed by atoms with van der Waals surface area (Å²) < 4.78 is 37.5. The number of alkyl halides is 3. The van der Waals surface area contributed by atoms with Crippen molar-refractivity contribution in [1.82, 2.24) is 9.97 Å². The first kappa shape index (κ1) is 16.0. The third-order valence-corrected chi connectivity index (χ3v) is 3.53. The molecule has 24 heavy (non-hydrogen) atoms. The number of hydrogen-bond donors (Lipinski definition) is 2. The molecule has 0 spiro atoms. The fourth-order valence-electron chi connectivity index (χ4n) is 2.43. The van der Waals surface area contributed by atoms with Gasteiger partial charge in [0.2, 0.25) is 5.91 Å². The minimum atomic E-state index is -4.39. The van der Waals surface area contributed by atoms with Gasteiger partial charge in [0.05, 0.1) is 23.0 Å². The standard InChI is InChI=1S/C17H14F3N3O/c1-10-21-14-7-2-11(8-15(14)22-10)9-16(24)23-13-5-3-12(4-6-13)17(18,19)20/h2-8H,9H2,1H3,(H,21,22)(H,23,24). The minimum absolute atomic E-state index is 0.120. The SMILES string of the molecule is Cc1nc2ccc(CC(=O)Nc3ccc(C(F)(F)F)cc3)cc2[nH]1. The van der Waals surface area contributed by atoms with Crippen LogP contribution in [-0.2, 0) is 17.4 Å². The van der Waals surface area contributed by atoms with Crippen LogP contribution in [0.2, 0.25) is 0 Å². The molecule has 0 radical (unpaired) electrons. The van der Waals surface area contributed by atoms with Crippen molar-refractivity contribution in [1.29, 1.82) is 0 Å². The molecule has 0 aliphatic rings. The van der Waals surface area contributed by atoms with Crippen molar-refractivity contribution < 1.29 is 18.0 Å². The number of rotatable bonds is 3. The second-order valence-electron chi connectivity index (χ2n) is 5.47. The Morgan fingerprint density at radius 2 is 1.88 bits per heavy atom. The van der Waals surface area contributed by atoms with E-state index in [2.05, 4.69) is 15.3 Å². The van der Waals surface area contributed by atoms with Crippen LogP contribution in [0, 0.1) is 6.92 Å². The molecule has 0 saturated heterocycles. The Morgan fingerprint density at radius 3 is 2.54 bits per heavy atom. The third-order valence-electron chi connectivity index (χ3n) is 3.53. The molecule has 0 fully saturated rings. The molecular weight excluding hydrogens is 319 g/mol. The zero-order valence-corrected chi connectivity index (χ0v) is 12.7. The summed E-state index contributed by atoms with van der Waals surface area (Å²) in [6.07, 6.45) is -4.27. The molecule has 0 aliphatic carbocycles. The van der Waals surface area contributed by atoms with Gasteiger partial charge in [-0.3, -0.25) is 4.79 Å². The van der Waals surface area contributed by atoms with Crippen molar-refractivity contribution in [2.24, 2.45) is 0 Å². The fourth-order valence-corrected chi connectivity index (χ4v) is 2.43. The summed E-state index contributed by atoms with van der Waals surface area (Å²) in [4.78, 5) is 19.4. The molecule has 3 aromatic rings. The predicted octanol–water partition coefficient (Wildman–Crippen LogP) is 4.07. The first-order valence-corrected chi connectivity index (χ1v) is 7.23. The average Bonchev–Trinajstić information content (AvgIpc) is 2.86. The lowest BCUT2D eigenvalue weighted by atomic mass is 10.1. The Balaban J connectivity index is 1.68. The van der Waals surface area contributed by atoms with Crippen molar-refractivity contribution >= 4 is 22.6 Å². The highest BCUT2D eigenvalue weighted by atomic mass is 19.4. The quantitative estimate of drug-likeness (QED) is 0.759. The van der Waals surface area contributed by atoms with Crippen molar-refractivity contribution in [2.45, 2.75) is 19.5 Å². The maximum Gasteiger partial charge on any atom is 0.416 e. The summed E-state index contributed by atoms with van der Waals surface area (Å²) in [6.45, 7) is 1.84. The summed E-state index contributed by atoms with van der Waals surface area (Å²) >= 11 is 0. The fraction of sp³-hybridized carbons (Fsp3) is 0.176. The van der Waals surface area contributed by atoms with Crippen LogP contribution < -0.4 is 5.32 Å². The maximum atomic E-state index is 12.5. The monoisotopic (exact) mass is 333 g/mol. The maximum absolute atomic E-state index is 12.5. The molecule has 3 rings (SSSR count). The summed E-state index contributed by atoms with van der Waals surface area (Å²) in [6, 6.07) is 9.81. The van der Waals surface area contributed by atoms with Gasteiger partial charge in [-0.1, -0.05) is 6.07 Å². The highest BCUT2D eigenvalue weighted by Crippen LogP contribution is 2.29. The number of anilines is 1. The number of amides is 1. The molecule has 7 heteroatoms. The number of benzene rings is 2. The third kappa shape index (κ3) is 3.56. The highest BCUT2D eigenvalue weighted by molar-refractivity contribution is 5.92. The molecule has 2 aromatic carbocycles. The number of nitrogens with one attached hydrogen (secondary N) is 2. The number of halogens is 3. The van der Waals surface area contributed by atoms with Gasteiger partial charge in [-0.2, -0.15) is 13.2 Å². The molecule has 0 unspecified atom stereocenters. The number of aromatic amines is 1. The Bertz CT molecular complexity index is 882. The summed E-state index contributed by atoms with van der Waals surface area (Å²) in [7, 11) is 0. The van der Waals surface area contributed by atoms with E-state index in [-0.39, 0.29) is 12.3 Å². The normalized spacial score (nSPS) is 11.7. The zero-order chi connectivity index (χ0) is 17.3. The molecule has 0 aliphatic heterocycles. The van der Waals surface area contributed by atoms with Crippen molar-refractivity contribution in [3.05, 3.63) is 59.4 Å². The number of H-pyrrole nitrogens is 1. The van der Waals surface area contributed by atoms with Crippen LogP contribution in [0.4, 0.5) is 18.9 Å². The molecule has 1 amide bonds. The Labute approximate surface area is 135 Å². The average molecular weight is 333 g/mol. The van der Waals surface area contributed by atoms with Gasteiger partial charge in [0.25, 0.3) is 0 Å². The van der Waals surface area contributed by atoms with E-state index in [1.807, 2.05) is 19.1 Å². The van der Waals surface area contributed by atoms with Gasteiger partial charge in [-0.15, -0.1) is 0 Å². The van der Waals surface area contributed by atoms with E-state index in [1.54, 1.807) is 6.07 Å². The Morgan fingerprint density at radius 1 is 1.17 bits per heavy atom. The molecule has 4 nitrogen and oxygen atoms in total. The van der Waals surface area contributed by atoms with Crippen LogP contribution in [0.3, 0.4) is 0 Å². The topological polar surface area (TPSA) is 57.8 Å². The van der Waals surface area contributed by atoms with E-state index in [9.17, 15) is 18.0 Å². The van der Waals surface area contributed by atoms with Crippen molar-refractivity contribution in [3.63, 3.8) is 0 Å². The predicted molar refractivity (Wildman–Crippen MR) is 84.6 cm³/mol. The molecule has 1 aromatic heterocycles. The van der Waals surface area contributed by atoms with E-state index in [4.69, 9.17) is 0 Å².